The minimum Gasteiger partial charge on any atom is -0.494 e. The Morgan fingerprint density at radius 1 is 1.00 bits per heavy atom. The fourth-order valence-corrected chi connectivity index (χ4v) is 3.15. The van der Waals surface area contributed by atoms with Gasteiger partial charge in [-0.1, -0.05) is 18.2 Å². The van der Waals surface area contributed by atoms with Gasteiger partial charge in [0.1, 0.15) is 5.75 Å². The summed E-state index contributed by atoms with van der Waals surface area (Å²) in [6, 6.07) is 14.7. The van der Waals surface area contributed by atoms with Crippen molar-refractivity contribution < 1.29 is 27.5 Å². The first-order chi connectivity index (χ1) is 16.0. The van der Waals surface area contributed by atoms with E-state index in [4.69, 9.17) is 4.74 Å². The topological polar surface area (TPSA) is 85.3 Å². The minimum absolute atomic E-state index is 0.0149. The Hall–Kier alpha value is -3.82. The van der Waals surface area contributed by atoms with E-state index in [1.807, 2.05) is 6.92 Å². The quantitative estimate of drug-likeness (QED) is 0.512. The Balaban J connectivity index is 1.71. The first kappa shape index (κ1) is 24.8. The summed E-state index contributed by atoms with van der Waals surface area (Å²) >= 11 is 0. The lowest BCUT2D eigenvalue weighted by Gasteiger charge is -2.26. The van der Waals surface area contributed by atoms with E-state index in [1.165, 1.54) is 0 Å². The molecule has 0 spiro atoms. The number of ether oxygens (including phenoxy) is 1. The van der Waals surface area contributed by atoms with Gasteiger partial charge in [-0.3, -0.25) is 9.59 Å². The molecule has 0 fully saturated rings. The summed E-state index contributed by atoms with van der Waals surface area (Å²) in [7, 11) is 0. The van der Waals surface area contributed by atoms with Crippen molar-refractivity contribution in [2.45, 2.75) is 32.5 Å². The van der Waals surface area contributed by atoms with Gasteiger partial charge in [-0.15, -0.1) is 0 Å². The van der Waals surface area contributed by atoms with Crippen LogP contribution in [0.5, 0.6) is 5.75 Å². The van der Waals surface area contributed by atoms with Crippen molar-refractivity contribution >= 4 is 11.8 Å². The molecule has 3 aromatic rings. The molecule has 1 aromatic heterocycles. The van der Waals surface area contributed by atoms with Crippen LogP contribution >= 0.6 is 0 Å². The van der Waals surface area contributed by atoms with E-state index in [9.17, 15) is 22.8 Å². The number of hydrogen-bond acceptors (Lipinski definition) is 4. The van der Waals surface area contributed by atoms with Gasteiger partial charge in [0, 0.05) is 18.3 Å². The third-order valence-electron chi connectivity index (χ3n) is 4.82. The van der Waals surface area contributed by atoms with Crippen LogP contribution in [-0.4, -0.2) is 40.3 Å². The van der Waals surface area contributed by atoms with Gasteiger partial charge < -0.3 is 15.4 Å². The number of carbonyl (C=O) groups is 2. The summed E-state index contributed by atoms with van der Waals surface area (Å²) in [4.78, 5) is 25.2. The van der Waals surface area contributed by atoms with Crippen molar-refractivity contribution in [3.05, 3.63) is 77.6 Å². The van der Waals surface area contributed by atoms with Crippen molar-refractivity contribution in [1.82, 2.24) is 20.4 Å². The molecule has 0 saturated heterocycles. The fraction of sp³-hybridized carbons (Fsp3) is 0.292. The summed E-state index contributed by atoms with van der Waals surface area (Å²) in [5, 5.41) is 8.83. The number of benzene rings is 2. The summed E-state index contributed by atoms with van der Waals surface area (Å²) in [6.45, 7) is 5.52. The van der Waals surface area contributed by atoms with Crippen molar-refractivity contribution in [2.24, 2.45) is 0 Å². The van der Waals surface area contributed by atoms with Gasteiger partial charge in [-0.2, -0.15) is 18.3 Å². The molecule has 2 N–H and O–H groups in total. The van der Waals surface area contributed by atoms with Gasteiger partial charge in [0.15, 0.2) is 5.69 Å². The van der Waals surface area contributed by atoms with Gasteiger partial charge in [0.2, 0.25) is 0 Å². The summed E-state index contributed by atoms with van der Waals surface area (Å²) < 4.78 is 47.1. The molecule has 3 rings (SSSR count). The van der Waals surface area contributed by atoms with Crippen molar-refractivity contribution in [2.75, 3.05) is 13.2 Å². The zero-order valence-electron chi connectivity index (χ0n) is 18.9. The number of rotatable bonds is 8. The molecule has 0 unspecified atom stereocenters. The van der Waals surface area contributed by atoms with Crippen LogP contribution in [0.2, 0.25) is 0 Å². The molecule has 10 heteroatoms. The van der Waals surface area contributed by atoms with Crippen LogP contribution in [0.15, 0.2) is 60.8 Å². The third-order valence-corrected chi connectivity index (χ3v) is 4.82. The van der Waals surface area contributed by atoms with E-state index in [-0.39, 0.29) is 6.54 Å². The number of alkyl halides is 3. The van der Waals surface area contributed by atoms with Crippen LogP contribution in [0.4, 0.5) is 13.2 Å². The average molecular weight is 474 g/mol. The maximum Gasteiger partial charge on any atom is 0.435 e. The van der Waals surface area contributed by atoms with Gasteiger partial charge in [0.25, 0.3) is 11.8 Å². The first-order valence-corrected chi connectivity index (χ1v) is 10.6. The molecule has 0 aliphatic heterocycles. The van der Waals surface area contributed by atoms with Crippen LogP contribution in [0.25, 0.3) is 5.69 Å². The number of halogens is 3. The highest BCUT2D eigenvalue weighted by molar-refractivity contribution is 5.96. The molecular weight excluding hydrogens is 449 g/mol. The van der Waals surface area contributed by atoms with E-state index >= 15 is 0 Å². The molecule has 0 atom stereocenters. The monoisotopic (exact) mass is 474 g/mol. The second-order valence-corrected chi connectivity index (χ2v) is 8.15. The Bertz CT molecular complexity index is 1140. The third kappa shape index (κ3) is 6.15. The molecule has 0 radical (unpaired) electrons. The molecule has 0 bridgehead atoms. The Morgan fingerprint density at radius 2 is 1.65 bits per heavy atom. The lowest BCUT2D eigenvalue weighted by atomic mass is 10.0. The summed E-state index contributed by atoms with van der Waals surface area (Å²) in [6.07, 6.45) is -3.78. The van der Waals surface area contributed by atoms with Gasteiger partial charge in [-0.25, -0.2) is 4.68 Å². The Labute approximate surface area is 194 Å². The SMILES string of the molecule is CCOc1ccc(C(=O)NCC(C)(C)NC(=O)c2cn(-c3ccccc3)nc2C(F)(F)F)cc1. The zero-order valence-corrected chi connectivity index (χ0v) is 18.9. The standard InChI is InChI=1S/C24H25F3N4O3/c1-4-34-18-12-10-16(11-13-18)21(32)28-15-23(2,3)29-22(33)19-14-31(17-8-6-5-7-9-17)30-20(19)24(25,26)27/h5-14H,4,15H2,1-3H3,(H,28,32)(H,29,33). The number of nitrogens with zero attached hydrogens (tertiary/aromatic N) is 2. The average Bonchev–Trinajstić information content (AvgIpc) is 3.25. The minimum atomic E-state index is -4.82. The van der Waals surface area contributed by atoms with Gasteiger partial charge in [0.05, 0.1) is 23.4 Å². The molecular formula is C24H25F3N4O3. The Morgan fingerprint density at radius 3 is 2.24 bits per heavy atom. The summed E-state index contributed by atoms with van der Waals surface area (Å²) in [5.41, 5.74) is -2.18. The van der Waals surface area contributed by atoms with Crippen LogP contribution in [0, 0.1) is 0 Å². The maximum atomic E-state index is 13.6. The Kier molecular flexibility index (Phi) is 7.29. The number of para-hydroxylation sites is 1. The van der Waals surface area contributed by atoms with E-state index in [1.54, 1.807) is 68.4 Å². The highest BCUT2D eigenvalue weighted by atomic mass is 19.4. The molecule has 1 heterocycles. The van der Waals surface area contributed by atoms with Crippen molar-refractivity contribution in [3.63, 3.8) is 0 Å². The smallest absolute Gasteiger partial charge is 0.435 e. The van der Waals surface area contributed by atoms with E-state index in [0.29, 0.717) is 23.6 Å². The van der Waals surface area contributed by atoms with Crippen LogP contribution in [-0.2, 0) is 6.18 Å². The zero-order chi connectivity index (χ0) is 24.9. The number of nitrogens with one attached hydrogen (secondary N) is 2. The molecule has 2 amide bonds. The predicted molar refractivity (Wildman–Crippen MR) is 120 cm³/mol. The van der Waals surface area contributed by atoms with E-state index in [2.05, 4.69) is 15.7 Å². The van der Waals surface area contributed by atoms with E-state index in [0.717, 1.165) is 10.9 Å². The molecule has 2 aromatic carbocycles. The number of hydrogen-bond donors (Lipinski definition) is 2. The van der Waals surface area contributed by atoms with Crippen LogP contribution < -0.4 is 15.4 Å². The summed E-state index contributed by atoms with van der Waals surface area (Å²) in [5.74, 6) is -0.712. The van der Waals surface area contributed by atoms with Crippen molar-refractivity contribution in [1.29, 1.82) is 0 Å². The second-order valence-electron chi connectivity index (χ2n) is 8.15. The lowest BCUT2D eigenvalue weighted by Crippen LogP contribution is -2.51. The molecule has 0 aliphatic rings. The maximum absolute atomic E-state index is 13.6. The molecule has 7 nitrogen and oxygen atoms in total. The second kappa shape index (κ2) is 9.98. The van der Waals surface area contributed by atoms with Crippen LogP contribution in [0.1, 0.15) is 47.2 Å². The highest BCUT2D eigenvalue weighted by Gasteiger charge is 2.40. The van der Waals surface area contributed by atoms with E-state index < -0.39 is 34.8 Å². The largest absolute Gasteiger partial charge is 0.494 e. The highest BCUT2D eigenvalue weighted by Crippen LogP contribution is 2.31. The molecule has 180 valence electrons. The molecule has 34 heavy (non-hydrogen) atoms. The lowest BCUT2D eigenvalue weighted by molar-refractivity contribution is -0.141. The number of aromatic nitrogens is 2. The van der Waals surface area contributed by atoms with Gasteiger partial charge in [-0.05, 0) is 57.2 Å². The van der Waals surface area contributed by atoms with Crippen LogP contribution in [0.3, 0.4) is 0 Å². The van der Waals surface area contributed by atoms with Gasteiger partial charge >= 0.3 is 6.18 Å². The first-order valence-electron chi connectivity index (χ1n) is 10.6. The fourth-order valence-electron chi connectivity index (χ4n) is 3.15. The predicted octanol–water partition coefficient (Wildman–Crippen LogP) is 4.23. The molecule has 0 aliphatic carbocycles. The normalized spacial score (nSPS) is 11.7. The number of carbonyl (C=O) groups excluding carboxylic acids is 2. The number of amides is 2. The molecule has 0 saturated carbocycles. The van der Waals surface area contributed by atoms with Crippen molar-refractivity contribution in [3.8, 4) is 11.4 Å².